The van der Waals surface area contributed by atoms with Gasteiger partial charge in [-0.15, -0.1) is 11.3 Å². The lowest BCUT2D eigenvalue weighted by Crippen LogP contribution is -2.47. The average molecular weight is 366 g/mol. The third-order valence-corrected chi connectivity index (χ3v) is 5.65. The minimum atomic E-state index is 0.647. The van der Waals surface area contributed by atoms with Gasteiger partial charge in [-0.2, -0.15) is 14.6 Å². The minimum absolute atomic E-state index is 0.647. The molecule has 0 radical (unpaired) electrons. The molecule has 5 heterocycles. The quantitative estimate of drug-likeness (QED) is 0.537. The van der Waals surface area contributed by atoms with Gasteiger partial charge in [0.15, 0.2) is 0 Å². The summed E-state index contributed by atoms with van der Waals surface area (Å²) >= 11 is 1.72. The van der Waals surface area contributed by atoms with E-state index in [4.69, 9.17) is 0 Å². The zero-order chi connectivity index (χ0) is 17.7. The maximum Gasteiger partial charge on any atom is 0.254 e. The van der Waals surface area contributed by atoms with Crippen molar-refractivity contribution in [3.8, 4) is 0 Å². The Hall–Kier alpha value is -2.81. The summed E-state index contributed by atoms with van der Waals surface area (Å²) in [6.45, 7) is 7.70. The highest BCUT2D eigenvalue weighted by atomic mass is 32.1. The van der Waals surface area contributed by atoms with Gasteiger partial charge in [0.25, 0.3) is 5.78 Å². The Bertz CT molecular complexity index is 1090. The van der Waals surface area contributed by atoms with Gasteiger partial charge in [-0.05, 0) is 19.9 Å². The summed E-state index contributed by atoms with van der Waals surface area (Å²) < 4.78 is 1.81. The highest BCUT2D eigenvalue weighted by Gasteiger charge is 2.23. The summed E-state index contributed by atoms with van der Waals surface area (Å²) in [5.74, 6) is 2.73. The Labute approximate surface area is 154 Å². The summed E-state index contributed by atoms with van der Waals surface area (Å²) in [5, 5.41) is 5.48. The van der Waals surface area contributed by atoms with Crippen molar-refractivity contribution in [2.24, 2.45) is 0 Å². The van der Waals surface area contributed by atoms with Gasteiger partial charge >= 0.3 is 0 Å². The molecule has 0 amide bonds. The Kier molecular flexibility index (Phi) is 3.49. The Morgan fingerprint density at radius 3 is 2.58 bits per heavy atom. The van der Waals surface area contributed by atoms with Crippen LogP contribution in [-0.2, 0) is 0 Å². The van der Waals surface area contributed by atoms with Crippen molar-refractivity contribution in [2.45, 2.75) is 13.8 Å². The molecule has 1 aliphatic rings. The highest BCUT2D eigenvalue weighted by Crippen LogP contribution is 2.30. The van der Waals surface area contributed by atoms with Crippen molar-refractivity contribution in [3.05, 3.63) is 35.4 Å². The predicted octanol–water partition coefficient (Wildman–Crippen LogP) is 2.07. The molecule has 1 aliphatic heterocycles. The first-order valence-electron chi connectivity index (χ1n) is 8.57. The van der Waals surface area contributed by atoms with E-state index in [0.717, 1.165) is 53.7 Å². The van der Waals surface area contributed by atoms with Crippen LogP contribution in [0.25, 0.3) is 16.0 Å². The molecule has 5 rings (SSSR count). The number of hydrogen-bond acceptors (Lipinski definition) is 8. The average Bonchev–Trinajstić information content (AvgIpc) is 3.26. The number of rotatable bonds is 2. The molecular formula is C17H18N8S. The third kappa shape index (κ3) is 2.47. The molecular weight excluding hydrogens is 348 g/mol. The fourth-order valence-electron chi connectivity index (χ4n) is 3.50. The second kappa shape index (κ2) is 5.87. The van der Waals surface area contributed by atoms with Crippen LogP contribution in [0.4, 0.5) is 11.6 Å². The number of aryl methyl sites for hydroxylation is 2. The fourth-order valence-corrected chi connectivity index (χ4v) is 4.34. The van der Waals surface area contributed by atoms with Crippen LogP contribution in [0, 0.1) is 13.8 Å². The molecule has 0 unspecified atom stereocenters. The van der Waals surface area contributed by atoms with E-state index in [0.29, 0.717) is 5.78 Å². The van der Waals surface area contributed by atoms with E-state index in [1.807, 2.05) is 11.4 Å². The molecule has 0 aliphatic carbocycles. The lowest BCUT2D eigenvalue weighted by Gasteiger charge is -2.36. The van der Waals surface area contributed by atoms with Gasteiger partial charge in [-0.3, -0.25) is 0 Å². The van der Waals surface area contributed by atoms with Crippen LogP contribution < -0.4 is 9.80 Å². The number of hydrogen-bond donors (Lipinski definition) is 0. The summed E-state index contributed by atoms with van der Waals surface area (Å²) in [7, 11) is 0. The molecule has 1 fully saturated rings. The summed E-state index contributed by atoms with van der Waals surface area (Å²) in [4.78, 5) is 24.6. The molecule has 26 heavy (non-hydrogen) atoms. The van der Waals surface area contributed by atoms with Crippen LogP contribution >= 0.6 is 11.3 Å². The second-order valence-corrected chi connectivity index (χ2v) is 7.71. The third-order valence-electron chi connectivity index (χ3n) is 4.70. The van der Waals surface area contributed by atoms with Crippen molar-refractivity contribution in [1.82, 2.24) is 29.5 Å². The molecule has 132 valence electrons. The van der Waals surface area contributed by atoms with Crippen LogP contribution in [0.3, 0.4) is 0 Å². The topological polar surface area (TPSA) is 75.3 Å². The zero-order valence-corrected chi connectivity index (χ0v) is 15.4. The number of nitrogens with zero attached hydrogens (tertiary/aromatic N) is 8. The molecule has 1 saturated heterocycles. The summed E-state index contributed by atoms with van der Waals surface area (Å²) in [5.41, 5.74) is 0.953. The molecule has 0 bridgehead atoms. The summed E-state index contributed by atoms with van der Waals surface area (Å²) in [6.07, 6.45) is 3.23. The highest BCUT2D eigenvalue weighted by molar-refractivity contribution is 7.18. The smallest absolute Gasteiger partial charge is 0.254 e. The molecule has 4 aromatic rings. The SMILES string of the molecule is Cc1cc(N2CCN(c3ncnc4sc(C)cc34)CC2)n2ncnc2n1. The molecule has 8 nitrogen and oxygen atoms in total. The molecule has 0 atom stereocenters. The Balaban J connectivity index is 1.43. The number of fused-ring (bicyclic) bond motifs is 2. The van der Waals surface area contributed by atoms with Crippen LogP contribution in [0.15, 0.2) is 24.8 Å². The van der Waals surface area contributed by atoms with E-state index in [1.165, 1.54) is 4.88 Å². The molecule has 0 saturated carbocycles. The van der Waals surface area contributed by atoms with Crippen LogP contribution in [0.5, 0.6) is 0 Å². The molecule has 4 aromatic heterocycles. The molecule has 0 spiro atoms. The van der Waals surface area contributed by atoms with Crippen LogP contribution in [0.2, 0.25) is 0 Å². The normalized spacial score (nSPS) is 15.3. The number of aromatic nitrogens is 6. The van der Waals surface area contributed by atoms with Gasteiger partial charge < -0.3 is 9.80 Å². The van der Waals surface area contributed by atoms with Gasteiger partial charge in [0.2, 0.25) is 0 Å². The van der Waals surface area contributed by atoms with E-state index in [1.54, 1.807) is 24.0 Å². The van der Waals surface area contributed by atoms with E-state index < -0.39 is 0 Å². The van der Waals surface area contributed by atoms with Gasteiger partial charge in [0.05, 0.1) is 5.39 Å². The largest absolute Gasteiger partial charge is 0.353 e. The fraction of sp³-hybridized carbons (Fsp3) is 0.353. The Morgan fingerprint density at radius 2 is 1.73 bits per heavy atom. The van der Waals surface area contributed by atoms with Gasteiger partial charge in [-0.25, -0.2) is 15.0 Å². The first-order valence-corrected chi connectivity index (χ1v) is 9.39. The lowest BCUT2D eigenvalue weighted by molar-refractivity contribution is 0.634. The Morgan fingerprint density at radius 1 is 0.923 bits per heavy atom. The van der Waals surface area contributed by atoms with E-state index in [-0.39, 0.29) is 0 Å². The van der Waals surface area contributed by atoms with Gasteiger partial charge in [0.1, 0.15) is 29.1 Å². The van der Waals surface area contributed by atoms with E-state index in [2.05, 4.69) is 53.9 Å². The monoisotopic (exact) mass is 366 g/mol. The first-order chi connectivity index (χ1) is 12.7. The van der Waals surface area contributed by atoms with Gasteiger partial charge in [0, 0.05) is 42.8 Å². The lowest BCUT2D eigenvalue weighted by atomic mass is 10.2. The maximum atomic E-state index is 4.56. The van der Waals surface area contributed by atoms with Crippen molar-refractivity contribution in [3.63, 3.8) is 0 Å². The minimum Gasteiger partial charge on any atom is -0.353 e. The second-order valence-electron chi connectivity index (χ2n) is 6.47. The molecule has 9 heteroatoms. The van der Waals surface area contributed by atoms with E-state index >= 15 is 0 Å². The molecule has 0 aromatic carbocycles. The van der Waals surface area contributed by atoms with Crippen molar-refractivity contribution < 1.29 is 0 Å². The molecule has 0 N–H and O–H groups in total. The number of anilines is 2. The summed E-state index contributed by atoms with van der Waals surface area (Å²) in [6, 6.07) is 4.26. The predicted molar refractivity (Wildman–Crippen MR) is 102 cm³/mol. The van der Waals surface area contributed by atoms with E-state index in [9.17, 15) is 0 Å². The standard InChI is InChI=1S/C17H18N8S/c1-11-7-14(25-17(22-11)20-10-21-25)23-3-5-24(6-4-23)15-13-8-12(2)26-16(13)19-9-18-15/h7-10H,3-6H2,1-2H3. The van der Waals surface area contributed by atoms with Crippen LogP contribution in [0.1, 0.15) is 10.6 Å². The van der Waals surface area contributed by atoms with Crippen molar-refractivity contribution in [2.75, 3.05) is 36.0 Å². The van der Waals surface area contributed by atoms with Gasteiger partial charge in [-0.1, -0.05) is 0 Å². The van der Waals surface area contributed by atoms with Crippen molar-refractivity contribution >= 4 is 39.0 Å². The number of thiophene rings is 1. The van der Waals surface area contributed by atoms with Crippen LogP contribution in [-0.4, -0.2) is 55.7 Å². The number of piperazine rings is 1. The van der Waals surface area contributed by atoms with Crippen molar-refractivity contribution in [1.29, 1.82) is 0 Å². The first kappa shape index (κ1) is 15.4. The zero-order valence-electron chi connectivity index (χ0n) is 14.6. The maximum absolute atomic E-state index is 4.56.